The third kappa shape index (κ3) is 5.97. The standard InChI is InChI=1S/C23H34Cl2N4O4/c1-6-8-10-14(17(30)20(32)27-11-9-7-2)28-19(31)16-15-13(23(15,24)25)12-29(16)21(33)18(26)22(3,4)5/h6-7,13-16,18H,1-2,8-12,26H2,3-5H3,(H,27,32)(H,28,31)/t13-,14?,15-,16-,18+/m0/s1. The molecule has 3 amide bonds. The highest BCUT2D eigenvalue weighted by molar-refractivity contribution is 6.51. The van der Waals surface area contributed by atoms with E-state index in [1.54, 1.807) is 12.2 Å². The van der Waals surface area contributed by atoms with Crippen LogP contribution in [0.2, 0.25) is 0 Å². The molecule has 2 rings (SSSR count). The second kappa shape index (κ2) is 10.6. The van der Waals surface area contributed by atoms with E-state index in [-0.39, 0.29) is 31.3 Å². The first-order valence-electron chi connectivity index (χ1n) is 11.1. The molecule has 0 aromatic carbocycles. The highest BCUT2D eigenvalue weighted by Crippen LogP contribution is 2.65. The maximum absolute atomic E-state index is 13.3. The third-order valence-corrected chi connectivity index (χ3v) is 7.30. The summed E-state index contributed by atoms with van der Waals surface area (Å²) < 4.78 is -1.13. The summed E-state index contributed by atoms with van der Waals surface area (Å²) in [6, 6.07) is -2.89. The van der Waals surface area contributed by atoms with E-state index >= 15 is 0 Å². The van der Waals surface area contributed by atoms with Gasteiger partial charge in [-0.3, -0.25) is 19.2 Å². The van der Waals surface area contributed by atoms with Crippen molar-refractivity contribution in [1.29, 1.82) is 0 Å². The molecule has 5 atom stereocenters. The Morgan fingerprint density at radius 2 is 1.79 bits per heavy atom. The number of halogens is 2. The molecule has 0 spiro atoms. The van der Waals surface area contributed by atoms with Crippen molar-refractivity contribution in [3.63, 3.8) is 0 Å². The lowest BCUT2D eigenvalue weighted by atomic mass is 9.86. The van der Waals surface area contributed by atoms with Gasteiger partial charge >= 0.3 is 0 Å². The molecular formula is C23H34Cl2N4O4. The molecule has 1 saturated heterocycles. The number of amides is 3. The van der Waals surface area contributed by atoms with Crippen LogP contribution in [-0.2, 0) is 19.2 Å². The van der Waals surface area contributed by atoms with Crippen LogP contribution in [0.15, 0.2) is 25.3 Å². The number of hydrogen-bond donors (Lipinski definition) is 3. The van der Waals surface area contributed by atoms with Gasteiger partial charge in [-0.15, -0.1) is 36.4 Å². The summed E-state index contributed by atoms with van der Waals surface area (Å²) in [5, 5.41) is 5.16. The minimum atomic E-state index is -1.13. The molecule has 0 aromatic rings. The van der Waals surface area contributed by atoms with Gasteiger partial charge in [0.15, 0.2) is 0 Å². The number of ketones is 1. The molecule has 4 N–H and O–H groups in total. The molecule has 0 bridgehead atoms. The summed E-state index contributed by atoms with van der Waals surface area (Å²) in [5.74, 6) is -3.28. The van der Waals surface area contributed by atoms with Crippen molar-refractivity contribution in [2.75, 3.05) is 13.1 Å². The van der Waals surface area contributed by atoms with Gasteiger partial charge < -0.3 is 21.3 Å². The van der Waals surface area contributed by atoms with Crippen LogP contribution in [0, 0.1) is 17.3 Å². The van der Waals surface area contributed by atoms with Crippen LogP contribution < -0.4 is 16.4 Å². The van der Waals surface area contributed by atoms with E-state index in [0.29, 0.717) is 12.8 Å². The first kappa shape index (κ1) is 27.3. The largest absolute Gasteiger partial charge is 0.349 e. The van der Waals surface area contributed by atoms with Gasteiger partial charge in [0.05, 0.1) is 12.1 Å². The van der Waals surface area contributed by atoms with Crippen LogP contribution in [0.1, 0.15) is 40.0 Å². The summed E-state index contributed by atoms with van der Waals surface area (Å²) in [5.41, 5.74) is 5.65. The summed E-state index contributed by atoms with van der Waals surface area (Å²) in [6.45, 7) is 13.2. The number of nitrogens with zero attached hydrogens (tertiary/aromatic N) is 1. The van der Waals surface area contributed by atoms with Crippen LogP contribution in [0.4, 0.5) is 0 Å². The van der Waals surface area contributed by atoms with E-state index < -0.39 is 51.4 Å². The Morgan fingerprint density at radius 1 is 1.18 bits per heavy atom. The van der Waals surface area contributed by atoms with Crippen LogP contribution in [0.25, 0.3) is 0 Å². The summed E-state index contributed by atoms with van der Waals surface area (Å²) in [6.07, 6.45) is 4.31. The number of nitrogens with two attached hydrogens (primary N) is 1. The number of allylic oxidation sites excluding steroid dienone is 1. The van der Waals surface area contributed by atoms with Crippen molar-refractivity contribution in [3.05, 3.63) is 25.3 Å². The number of piperidine rings is 1. The Bertz CT molecular complexity index is 824. The number of nitrogens with one attached hydrogen (secondary N) is 2. The Labute approximate surface area is 205 Å². The molecule has 1 heterocycles. The fourth-order valence-corrected chi connectivity index (χ4v) is 4.85. The number of carbonyl (C=O) groups excluding carboxylic acids is 4. The third-order valence-electron chi connectivity index (χ3n) is 6.23. The first-order valence-corrected chi connectivity index (χ1v) is 11.8. The normalized spacial score (nSPS) is 24.8. The summed E-state index contributed by atoms with van der Waals surface area (Å²) >= 11 is 12.7. The molecule has 1 unspecified atom stereocenters. The van der Waals surface area contributed by atoms with Crippen molar-refractivity contribution < 1.29 is 19.2 Å². The molecule has 184 valence electrons. The minimum absolute atomic E-state index is 0.187. The molecule has 1 aliphatic carbocycles. The van der Waals surface area contributed by atoms with Crippen LogP contribution in [0.5, 0.6) is 0 Å². The van der Waals surface area contributed by atoms with Gasteiger partial charge in [0.25, 0.3) is 5.91 Å². The molecule has 2 aliphatic rings. The summed E-state index contributed by atoms with van der Waals surface area (Å²) in [4.78, 5) is 52.9. The smallest absolute Gasteiger partial charge is 0.289 e. The maximum Gasteiger partial charge on any atom is 0.289 e. The lowest BCUT2D eigenvalue weighted by Gasteiger charge is -2.35. The van der Waals surface area contributed by atoms with Crippen molar-refractivity contribution in [3.8, 4) is 0 Å². The second-order valence-electron chi connectivity index (χ2n) is 9.71. The zero-order chi connectivity index (χ0) is 25.1. The van der Waals surface area contributed by atoms with Crippen molar-refractivity contribution >= 4 is 46.7 Å². The molecule has 33 heavy (non-hydrogen) atoms. The number of rotatable bonds is 11. The Hall–Kier alpha value is -1.90. The fourth-order valence-electron chi connectivity index (χ4n) is 4.03. The zero-order valence-electron chi connectivity index (χ0n) is 19.4. The highest BCUT2D eigenvalue weighted by atomic mass is 35.5. The van der Waals surface area contributed by atoms with E-state index in [4.69, 9.17) is 28.9 Å². The number of carbonyl (C=O) groups is 4. The van der Waals surface area contributed by atoms with Crippen LogP contribution in [-0.4, -0.2) is 64.0 Å². The van der Waals surface area contributed by atoms with Gasteiger partial charge in [-0.1, -0.05) is 32.9 Å². The molecule has 0 radical (unpaired) electrons. The van der Waals surface area contributed by atoms with Crippen molar-refractivity contribution in [2.24, 2.45) is 23.0 Å². The average molecular weight is 501 g/mol. The first-order chi connectivity index (χ1) is 15.3. The van der Waals surface area contributed by atoms with Gasteiger partial charge in [-0.25, -0.2) is 0 Å². The lowest BCUT2D eigenvalue weighted by Crippen LogP contribution is -2.59. The Balaban J connectivity index is 2.21. The van der Waals surface area contributed by atoms with Crippen molar-refractivity contribution in [1.82, 2.24) is 15.5 Å². The lowest BCUT2D eigenvalue weighted by molar-refractivity contribution is -0.144. The van der Waals surface area contributed by atoms with Gasteiger partial charge in [0.1, 0.15) is 10.4 Å². The molecule has 0 aromatic heterocycles. The van der Waals surface area contributed by atoms with E-state index in [2.05, 4.69) is 23.8 Å². The second-order valence-corrected chi connectivity index (χ2v) is 11.2. The minimum Gasteiger partial charge on any atom is -0.349 e. The number of hydrogen-bond acceptors (Lipinski definition) is 5. The molecule has 10 heteroatoms. The maximum atomic E-state index is 13.3. The predicted octanol–water partition coefficient (Wildman–Crippen LogP) is 1.70. The number of alkyl halides is 2. The predicted molar refractivity (Wildman–Crippen MR) is 129 cm³/mol. The van der Waals surface area contributed by atoms with Gasteiger partial charge in [0.2, 0.25) is 17.6 Å². The fraction of sp³-hybridized carbons (Fsp3) is 0.652. The molecule has 1 aliphatic heterocycles. The topological polar surface area (TPSA) is 122 Å². The zero-order valence-corrected chi connectivity index (χ0v) is 20.9. The monoisotopic (exact) mass is 500 g/mol. The van der Waals surface area contributed by atoms with Crippen molar-refractivity contribution in [2.45, 2.75) is 62.5 Å². The molecule has 1 saturated carbocycles. The highest BCUT2D eigenvalue weighted by Gasteiger charge is 2.74. The number of likely N-dealkylation sites (tertiary alicyclic amines) is 1. The van der Waals surface area contributed by atoms with E-state index in [1.807, 2.05) is 20.8 Å². The van der Waals surface area contributed by atoms with Gasteiger partial charge in [0, 0.05) is 24.9 Å². The van der Waals surface area contributed by atoms with E-state index in [9.17, 15) is 19.2 Å². The number of fused-ring (bicyclic) bond motifs is 1. The van der Waals surface area contributed by atoms with Crippen LogP contribution >= 0.6 is 23.2 Å². The van der Waals surface area contributed by atoms with Gasteiger partial charge in [-0.2, -0.15) is 0 Å². The van der Waals surface area contributed by atoms with E-state index in [0.717, 1.165) is 0 Å². The quantitative estimate of drug-likeness (QED) is 0.172. The Kier molecular flexibility index (Phi) is 8.76. The molecular weight excluding hydrogens is 467 g/mol. The number of Topliss-reactive ketones (excluding diaryl/α,β-unsaturated/α-hetero) is 1. The van der Waals surface area contributed by atoms with E-state index in [1.165, 1.54) is 4.90 Å². The molecule has 2 fully saturated rings. The average Bonchev–Trinajstić information content (AvgIpc) is 3.08. The summed E-state index contributed by atoms with van der Waals surface area (Å²) in [7, 11) is 0. The van der Waals surface area contributed by atoms with Gasteiger partial charge in [-0.05, 0) is 24.7 Å². The SMILES string of the molecule is C=CCCNC(=O)C(=O)C(CCC=C)NC(=O)[C@@H]1[C@@H]2[C@H](CN1C(=O)[C@@H](N)C(C)(C)C)C2(Cl)Cl. The Morgan fingerprint density at radius 3 is 2.33 bits per heavy atom. The van der Waals surface area contributed by atoms with Crippen LogP contribution in [0.3, 0.4) is 0 Å². The molecule has 8 nitrogen and oxygen atoms in total.